The van der Waals surface area contributed by atoms with Crippen LogP contribution in [0.3, 0.4) is 0 Å². The minimum absolute atomic E-state index is 0.207. The highest BCUT2D eigenvalue weighted by Crippen LogP contribution is 2.31. The van der Waals surface area contributed by atoms with Crippen LogP contribution in [0.4, 0.5) is 0 Å². The van der Waals surface area contributed by atoms with Gasteiger partial charge in [0.15, 0.2) is 0 Å². The first kappa shape index (κ1) is 18.9. The quantitative estimate of drug-likeness (QED) is 0.671. The molecule has 1 aliphatic carbocycles. The number of rotatable bonds is 9. The SMILES string of the molecule is COCCN(Cc1csc(COc2ccc(C)c(C)c2)n1)C(=O)C1CC1. The standard InChI is InChI=1S/C20H26N2O3S/c1-14-4-7-18(10-15(14)2)25-12-19-21-17(13-26-19)11-22(8-9-24-3)20(23)16-5-6-16/h4,7,10,13,16H,5-6,8-9,11-12H2,1-3H3. The molecule has 1 fully saturated rings. The van der Waals surface area contributed by atoms with Crippen LogP contribution in [0.1, 0.15) is 34.7 Å². The van der Waals surface area contributed by atoms with E-state index in [1.807, 2.05) is 22.4 Å². The average Bonchev–Trinajstić information content (AvgIpc) is 3.39. The van der Waals surface area contributed by atoms with E-state index in [1.54, 1.807) is 18.4 Å². The fourth-order valence-corrected chi connectivity index (χ4v) is 3.39. The van der Waals surface area contributed by atoms with Crippen molar-refractivity contribution >= 4 is 17.2 Å². The van der Waals surface area contributed by atoms with Gasteiger partial charge in [-0.3, -0.25) is 4.79 Å². The Morgan fingerprint density at radius 3 is 2.81 bits per heavy atom. The summed E-state index contributed by atoms with van der Waals surface area (Å²) in [7, 11) is 1.66. The van der Waals surface area contributed by atoms with Gasteiger partial charge in [-0.15, -0.1) is 11.3 Å². The molecule has 26 heavy (non-hydrogen) atoms. The molecule has 1 aliphatic rings. The molecule has 0 N–H and O–H groups in total. The second kappa shape index (κ2) is 8.64. The molecule has 2 aromatic rings. The third-order valence-corrected chi connectivity index (χ3v) is 5.47. The summed E-state index contributed by atoms with van der Waals surface area (Å²) in [6.45, 7) is 6.31. The molecule has 1 heterocycles. The maximum atomic E-state index is 12.4. The Morgan fingerprint density at radius 2 is 2.12 bits per heavy atom. The molecule has 1 saturated carbocycles. The van der Waals surface area contributed by atoms with Gasteiger partial charge in [0.1, 0.15) is 17.4 Å². The van der Waals surface area contributed by atoms with Crippen molar-refractivity contribution in [3.8, 4) is 5.75 Å². The van der Waals surface area contributed by atoms with Gasteiger partial charge in [-0.1, -0.05) is 6.07 Å². The first-order valence-electron chi connectivity index (χ1n) is 8.98. The number of ether oxygens (including phenoxy) is 2. The van der Waals surface area contributed by atoms with Crippen LogP contribution >= 0.6 is 11.3 Å². The number of hydrogen-bond acceptors (Lipinski definition) is 5. The minimum Gasteiger partial charge on any atom is -0.486 e. The maximum absolute atomic E-state index is 12.4. The number of aromatic nitrogens is 1. The Labute approximate surface area is 159 Å². The Bertz CT molecular complexity index is 755. The molecule has 1 amide bonds. The monoisotopic (exact) mass is 374 g/mol. The van der Waals surface area contributed by atoms with Gasteiger partial charge in [0.05, 0.1) is 18.8 Å². The highest BCUT2D eigenvalue weighted by atomic mass is 32.1. The number of amides is 1. The zero-order valence-electron chi connectivity index (χ0n) is 15.7. The van der Waals surface area contributed by atoms with Gasteiger partial charge in [0.25, 0.3) is 0 Å². The van der Waals surface area contributed by atoms with Crippen LogP contribution in [0.2, 0.25) is 0 Å². The van der Waals surface area contributed by atoms with Crippen molar-refractivity contribution in [2.45, 2.75) is 39.8 Å². The third-order valence-electron chi connectivity index (χ3n) is 4.60. The Balaban J connectivity index is 1.57. The van der Waals surface area contributed by atoms with E-state index in [0.717, 1.165) is 29.3 Å². The lowest BCUT2D eigenvalue weighted by Gasteiger charge is -2.21. The lowest BCUT2D eigenvalue weighted by molar-refractivity contribution is -0.133. The maximum Gasteiger partial charge on any atom is 0.226 e. The average molecular weight is 375 g/mol. The predicted octanol–water partition coefficient (Wildman–Crippen LogP) is 3.72. The molecule has 0 spiro atoms. The Morgan fingerprint density at radius 1 is 1.31 bits per heavy atom. The molecule has 140 valence electrons. The number of methoxy groups -OCH3 is 1. The van der Waals surface area contributed by atoms with Gasteiger partial charge >= 0.3 is 0 Å². The van der Waals surface area contributed by atoms with Crippen LogP contribution in [-0.2, 0) is 22.7 Å². The van der Waals surface area contributed by atoms with E-state index >= 15 is 0 Å². The van der Waals surface area contributed by atoms with E-state index in [0.29, 0.717) is 26.3 Å². The second-order valence-electron chi connectivity index (χ2n) is 6.79. The summed E-state index contributed by atoms with van der Waals surface area (Å²) in [5.41, 5.74) is 3.39. The van der Waals surface area contributed by atoms with Gasteiger partial charge in [-0.2, -0.15) is 0 Å². The van der Waals surface area contributed by atoms with Crippen molar-refractivity contribution < 1.29 is 14.3 Å². The summed E-state index contributed by atoms with van der Waals surface area (Å²) in [5.74, 6) is 1.29. The van der Waals surface area contributed by atoms with E-state index < -0.39 is 0 Å². The lowest BCUT2D eigenvalue weighted by atomic mass is 10.1. The second-order valence-corrected chi connectivity index (χ2v) is 7.74. The largest absolute Gasteiger partial charge is 0.486 e. The van der Waals surface area contributed by atoms with E-state index in [1.165, 1.54) is 11.1 Å². The van der Waals surface area contributed by atoms with Crippen molar-refractivity contribution in [2.24, 2.45) is 5.92 Å². The van der Waals surface area contributed by atoms with Crippen LogP contribution in [0.15, 0.2) is 23.6 Å². The smallest absolute Gasteiger partial charge is 0.226 e. The molecular weight excluding hydrogens is 348 g/mol. The summed E-state index contributed by atoms with van der Waals surface area (Å²) in [6.07, 6.45) is 2.02. The van der Waals surface area contributed by atoms with Gasteiger partial charge in [0, 0.05) is 25.0 Å². The summed E-state index contributed by atoms with van der Waals surface area (Å²) >= 11 is 1.57. The summed E-state index contributed by atoms with van der Waals surface area (Å²) in [4.78, 5) is 18.9. The Hall–Kier alpha value is -1.92. The van der Waals surface area contributed by atoms with E-state index in [-0.39, 0.29) is 11.8 Å². The zero-order chi connectivity index (χ0) is 18.5. The van der Waals surface area contributed by atoms with E-state index in [4.69, 9.17) is 9.47 Å². The number of carbonyl (C=O) groups excluding carboxylic acids is 1. The fourth-order valence-electron chi connectivity index (χ4n) is 2.69. The Kier molecular flexibility index (Phi) is 6.27. The van der Waals surface area contributed by atoms with Crippen molar-refractivity contribution in [2.75, 3.05) is 20.3 Å². The van der Waals surface area contributed by atoms with E-state index in [9.17, 15) is 4.79 Å². The molecule has 5 nitrogen and oxygen atoms in total. The van der Waals surface area contributed by atoms with Gasteiger partial charge in [-0.05, 0) is 49.9 Å². The number of thiazole rings is 1. The van der Waals surface area contributed by atoms with Crippen LogP contribution in [0.25, 0.3) is 0 Å². The first-order valence-corrected chi connectivity index (χ1v) is 9.86. The molecule has 0 atom stereocenters. The summed E-state index contributed by atoms with van der Waals surface area (Å²) in [5, 5.41) is 2.93. The molecule has 1 aromatic carbocycles. The summed E-state index contributed by atoms with van der Waals surface area (Å²) in [6, 6.07) is 6.09. The number of carbonyl (C=O) groups is 1. The fraction of sp³-hybridized carbons (Fsp3) is 0.500. The molecule has 0 unspecified atom stereocenters. The van der Waals surface area contributed by atoms with Crippen LogP contribution in [-0.4, -0.2) is 36.1 Å². The molecule has 0 saturated heterocycles. The minimum atomic E-state index is 0.207. The zero-order valence-corrected chi connectivity index (χ0v) is 16.5. The number of nitrogens with zero attached hydrogens (tertiary/aromatic N) is 2. The van der Waals surface area contributed by atoms with Crippen molar-refractivity contribution in [3.63, 3.8) is 0 Å². The molecule has 1 aromatic heterocycles. The molecule has 3 rings (SSSR count). The molecule has 6 heteroatoms. The molecular formula is C20H26N2O3S. The van der Waals surface area contributed by atoms with Crippen molar-refractivity contribution in [1.29, 1.82) is 0 Å². The van der Waals surface area contributed by atoms with E-state index in [2.05, 4.69) is 24.9 Å². The third kappa shape index (κ3) is 5.05. The highest BCUT2D eigenvalue weighted by Gasteiger charge is 2.33. The lowest BCUT2D eigenvalue weighted by Crippen LogP contribution is -2.34. The number of hydrogen-bond donors (Lipinski definition) is 0. The summed E-state index contributed by atoms with van der Waals surface area (Å²) < 4.78 is 11.0. The van der Waals surface area contributed by atoms with Crippen LogP contribution in [0, 0.1) is 19.8 Å². The predicted molar refractivity (Wildman–Crippen MR) is 102 cm³/mol. The topological polar surface area (TPSA) is 51.7 Å². The first-order chi connectivity index (χ1) is 12.6. The van der Waals surface area contributed by atoms with Crippen LogP contribution < -0.4 is 4.74 Å². The number of aryl methyl sites for hydroxylation is 2. The molecule has 0 aliphatic heterocycles. The van der Waals surface area contributed by atoms with Crippen LogP contribution in [0.5, 0.6) is 5.75 Å². The number of benzene rings is 1. The molecule has 0 radical (unpaired) electrons. The molecule has 0 bridgehead atoms. The normalized spacial score (nSPS) is 13.7. The van der Waals surface area contributed by atoms with Crippen molar-refractivity contribution in [3.05, 3.63) is 45.4 Å². The van der Waals surface area contributed by atoms with Gasteiger partial charge < -0.3 is 14.4 Å². The highest BCUT2D eigenvalue weighted by molar-refractivity contribution is 7.09. The van der Waals surface area contributed by atoms with Gasteiger partial charge in [-0.25, -0.2) is 4.98 Å². The van der Waals surface area contributed by atoms with Gasteiger partial charge in [0.2, 0.25) is 5.91 Å². The van der Waals surface area contributed by atoms with Crippen molar-refractivity contribution in [1.82, 2.24) is 9.88 Å².